The molecule has 0 saturated carbocycles. The fourth-order valence-electron chi connectivity index (χ4n) is 2.78. The quantitative estimate of drug-likeness (QED) is 0.190. The Bertz CT molecular complexity index is 433. The summed E-state index contributed by atoms with van der Waals surface area (Å²) in [5, 5.41) is 0. The van der Waals surface area contributed by atoms with E-state index in [0.717, 1.165) is 25.0 Å². The summed E-state index contributed by atoms with van der Waals surface area (Å²) in [5.74, 6) is 0.955. The van der Waals surface area contributed by atoms with Gasteiger partial charge in [-0.3, -0.25) is 4.79 Å². The van der Waals surface area contributed by atoms with E-state index in [1.807, 2.05) is 24.8 Å². The van der Waals surface area contributed by atoms with Crippen molar-refractivity contribution in [2.24, 2.45) is 0 Å². The molecule has 0 N–H and O–H groups in total. The van der Waals surface area contributed by atoms with Crippen LogP contribution in [-0.4, -0.2) is 17.8 Å². The third kappa shape index (κ3) is 13.0. The Balaban J connectivity index is 1.93. The van der Waals surface area contributed by atoms with Gasteiger partial charge in [0.25, 0.3) is 0 Å². The van der Waals surface area contributed by atoms with Gasteiger partial charge in [-0.15, -0.1) is 11.8 Å². The van der Waals surface area contributed by atoms with Crippen molar-refractivity contribution in [3.63, 3.8) is 0 Å². The van der Waals surface area contributed by atoms with Crippen molar-refractivity contribution in [1.29, 1.82) is 0 Å². The second-order valence-electron chi connectivity index (χ2n) is 6.83. The summed E-state index contributed by atoms with van der Waals surface area (Å²) >= 11 is 1.82. The first-order valence-corrected chi connectivity index (χ1v) is 11.1. The molecule has 0 aromatic heterocycles. The van der Waals surface area contributed by atoms with E-state index in [0.29, 0.717) is 6.42 Å². The van der Waals surface area contributed by atoms with Gasteiger partial charge in [-0.25, -0.2) is 0 Å². The van der Waals surface area contributed by atoms with Gasteiger partial charge in [-0.2, -0.15) is 0 Å². The average Bonchev–Trinajstić information content (AvgIpc) is 2.61. The zero-order valence-electron chi connectivity index (χ0n) is 16.2. The van der Waals surface area contributed by atoms with Crippen LogP contribution in [0.2, 0.25) is 0 Å². The molecule has 1 aromatic carbocycles. The molecular weight excluding hydrogens is 328 g/mol. The molecule has 2 nitrogen and oxygen atoms in total. The lowest BCUT2D eigenvalue weighted by Gasteiger charge is -2.13. The number of unbranched alkanes of at least 4 members (excludes halogenated alkanes) is 8. The molecule has 3 heteroatoms. The predicted molar refractivity (Wildman–Crippen MR) is 109 cm³/mol. The molecule has 1 aromatic rings. The highest BCUT2D eigenvalue weighted by molar-refractivity contribution is 7.99. The molecule has 0 aliphatic rings. The van der Waals surface area contributed by atoms with Crippen molar-refractivity contribution in [2.45, 2.75) is 95.5 Å². The fraction of sp³-hybridized carbons (Fsp3) is 0.682. The summed E-state index contributed by atoms with van der Waals surface area (Å²) < 4.78 is 5.51. The molecule has 1 rings (SSSR count). The Morgan fingerprint density at radius 3 is 2.20 bits per heavy atom. The van der Waals surface area contributed by atoms with Crippen molar-refractivity contribution >= 4 is 17.7 Å². The summed E-state index contributed by atoms with van der Waals surface area (Å²) in [6, 6.07) is 10.4. The van der Waals surface area contributed by atoms with Crippen molar-refractivity contribution in [1.82, 2.24) is 0 Å². The molecule has 0 aliphatic heterocycles. The average molecular weight is 365 g/mol. The molecule has 0 fully saturated rings. The van der Waals surface area contributed by atoms with Crippen molar-refractivity contribution < 1.29 is 9.53 Å². The SMILES string of the molecule is CCCCCCCCCCCC(=O)O[C@@H](C)CCSc1ccccc1. The molecule has 1 atom stereocenters. The lowest BCUT2D eigenvalue weighted by atomic mass is 10.1. The highest BCUT2D eigenvalue weighted by Crippen LogP contribution is 2.19. The molecule has 0 bridgehead atoms. The maximum atomic E-state index is 11.9. The Labute approximate surface area is 159 Å². The lowest BCUT2D eigenvalue weighted by Crippen LogP contribution is -2.15. The number of hydrogen-bond acceptors (Lipinski definition) is 3. The van der Waals surface area contributed by atoms with E-state index in [1.54, 1.807) is 0 Å². The van der Waals surface area contributed by atoms with E-state index in [9.17, 15) is 4.79 Å². The van der Waals surface area contributed by atoms with Gasteiger partial charge in [0.15, 0.2) is 0 Å². The van der Waals surface area contributed by atoms with Crippen LogP contribution in [0.25, 0.3) is 0 Å². The van der Waals surface area contributed by atoms with Crippen LogP contribution in [0.4, 0.5) is 0 Å². The lowest BCUT2D eigenvalue weighted by molar-refractivity contribution is -0.148. The van der Waals surface area contributed by atoms with Crippen LogP contribution in [0.15, 0.2) is 35.2 Å². The van der Waals surface area contributed by atoms with Crippen LogP contribution >= 0.6 is 11.8 Å². The minimum absolute atomic E-state index is 0.0160. The van der Waals surface area contributed by atoms with Crippen LogP contribution in [0.1, 0.15) is 84.5 Å². The van der Waals surface area contributed by atoms with E-state index in [4.69, 9.17) is 4.74 Å². The van der Waals surface area contributed by atoms with Gasteiger partial charge in [0.05, 0.1) is 6.10 Å². The van der Waals surface area contributed by atoms with Crippen molar-refractivity contribution in [2.75, 3.05) is 5.75 Å². The van der Waals surface area contributed by atoms with Gasteiger partial charge in [-0.05, 0) is 31.9 Å². The summed E-state index contributed by atoms with van der Waals surface area (Å²) in [4.78, 5) is 13.1. The second kappa shape index (κ2) is 15.3. The summed E-state index contributed by atoms with van der Waals surface area (Å²) in [6.45, 7) is 4.25. The molecule has 0 amide bonds. The molecule has 0 unspecified atom stereocenters. The van der Waals surface area contributed by atoms with Crippen LogP contribution in [0.5, 0.6) is 0 Å². The topological polar surface area (TPSA) is 26.3 Å². The highest BCUT2D eigenvalue weighted by Gasteiger charge is 2.09. The monoisotopic (exact) mass is 364 g/mol. The summed E-state index contributed by atoms with van der Waals surface area (Å²) in [6.07, 6.45) is 13.0. The number of carbonyl (C=O) groups is 1. The standard InChI is InChI=1S/C22H36O2S/c1-3-4-5-6-7-8-9-10-14-17-22(23)24-20(2)18-19-25-21-15-12-11-13-16-21/h11-13,15-16,20H,3-10,14,17-19H2,1-2H3/t20-/m0/s1. The van der Waals surface area contributed by atoms with Crippen LogP contribution in [0, 0.1) is 0 Å². The van der Waals surface area contributed by atoms with Crippen molar-refractivity contribution in [3.05, 3.63) is 30.3 Å². The Morgan fingerprint density at radius 2 is 1.56 bits per heavy atom. The number of rotatable bonds is 15. The van der Waals surface area contributed by atoms with E-state index in [1.165, 1.54) is 49.8 Å². The van der Waals surface area contributed by atoms with Crippen molar-refractivity contribution in [3.8, 4) is 0 Å². The number of hydrogen-bond donors (Lipinski definition) is 0. The Hall–Kier alpha value is -0.960. The normalized spacial score (nSPS) is 12.1. The minimum Gasteiger partial charge on any atom is -0.463 e. The predicted octanol–water partition coefficient (Wildman–Crippen LogP) is 7.02. The second-order valence-corrected chi connectivity index (χ2v) is 8.00. The van der Waals surface area contributed by atoms with Crippen LogP contribution < -0.4 is 0 Å². The Morgan fingerprint density at radius 1 is 0.960 bits per heavy atom. The maximum absolute atomic E-state index is 11.9. The first-order valence-electron chi connectivity index (χ1n) is 10.1. The smallest absolute Gasteiger partial charge is 0.306 e. The third-order valence-corrected chi connectivity index (χ3v) is 5.40. The molecule has 142 valence electrons. The summed E-state index contributed by atoms with van der Waals surface area (Å²) in [5.41, 5.74) is 0. The van der Waals surface area contributed by atoms with E-state index in [2.05, 4.69) is 31.2 Å². The first-order chi connectivity index (χ1) is 12.2. The van der Waals surface area contributed by atoms with Gasteiger partial charge < -0.3 is 4.74 Å². The molecule has 0 radical (unpaired) electrons. The van der Waals surface area contributed by atoms with Crippen LogP contribution in [0.3, 0.4) is 0 Å². The number of thioether (sulfide) groups is 1. The zero-order valence-corrected chi connectivity index (χ0v) is 17.0. The number of benzene rings is 1. The molecule has 25 heavy (non-hydrogen) atoms. The van der Waals surface area contributed by atoms with Gasteiger partial charge in [0, 0.05) is 17.1 Å². The first kappa shape index (κ1) is 22.1. The minimum atomic E-state index is -0.0276. The molecular formula is C22H36O2S. The van der Waals surface area contributed by atoms with E-state index < -0.39 is 0 Å². The number of esters is 1. The number of ether oxygens (including phenoxy) is 1. The Kier molecular flexibility index (Phi) is 13.5. The van der Waals surface area contributed by atoms with Gasteiger partial charge in [-0.1, -0.05) is 76.5 Å². The summed E-state index contributed by atoms with van der Waals surface area (Å²) in [7, 11) is 0. The van der Waals surface area contributed by atoms with Crippen LogP contribution in [-0.2, 0) is 9.53 Å². The third-order valence-electron chi connectivity index (χ3n) is 4.35. The van der Waals surface area contributed by atoms with Gasteiger partial charge in [0.1, 0.15) is 0 Å². The molecule has 0 saturated heterocycles. The zero-order chi connectivity index (χ0) is 18.2. The molecule has 0 spiro atoms. The highest BCUT2D eigenvalue weighted by atomic mass is 32.2. The van der Waals surface area contributed by atoms with Gasteiger partial charge >= 0.3 is 5.97 Å². The molecule has 0 aliphatic carbocycles. The maximum Gasteiger partial charge on any atom is 0.306 e. The largest absolute Gasteiger partial charge is 0.463 e. The van der Waals surface area contributed by atoms with E-state index >= 15 is 0 Å². The van der Waals surface area contributed by atoms with Gasteiger partial charge in [0.2, 0.25) is 0 Å². The van der Waals surface area contributed by atoms with E-state index in [-0.39, 0.29) is 12.1 Å². The fourth-order valence-corrected chi connectivity index (χ4v) is 3.82. The number of carbonyl (C=O) groups excluding carboxylic acids is 1. The molecule has 0 heterocycles.